The molecule has 3 atom stereocenters. The van der Waals surface area contributed by atoms with Crippen molar-refractivity contribution in [2.45, 2.75) is 32.0 Å². The van der Waals surface area contributed by atoms with E-state index in [0.717, 1.165) is 13.0 Å². The summed E-state index contributed by atoms with van der Waals surface area (Å²) < 4.78 is 0. The highest BCUT2D eigenvalue weighted by molar-refractivity contribution is 5.26. The van der Waals surface area contributed by atoms with E-state index in [1.165, 1.54) is 11.1 Å². The molecule has 0 aliphatic carbocycles. The van der Waals surface area contributed by atoms with Crippen molar-refractivity contribution in [2.24, 2.45) is 17.4 Å². The predicted octanol–water partition coefficient (Wildman–Crippen LogP) is 1.14. The molecule has 88 valence electrons. The number of hydrogen-bond donors (Lipinski definition) is 3. The summed E-state index contributed by atoms with van der Waals surface area (Å²) in [5.41, 5.74) is 14.2. The number of piperidine rings is 1. The zero-order chi connectivity index (χ0) is 11.5. The molecule has 1 aromatic carbocycles. The molecule has 1 heterocycles. The summed E-state index contributed by atoms with van der Waals surface area (Å²) >= 11 is 0. The zero-order valence-corrected chi connectivity index (χ0v) is 9.82. The van der Waals surface area contributed by atoms with Crippen LogP contribution in [-0.4, -0.2) is 12.6 Å². The topological polar surface area (TPSA) is 64.1 Å². The molecule has 3 unspecified atom stereocenters. The molecule has 1 aromatic rings. The van der Waals surface area contributed by atoms with Gasteiger partial charge >= 0.3 is 0 Å². The fourth-order valence-electron chi connectivity index (χ4n) is 2.39. The van der Waals surface area contributed by atoms with E-state index in [2.05, 4.69) is 36.5 Å². The van der Waals surface area contributed by atoms with Crippen LogP contribution < -0.4 is 16.8 Å². The fraction of sp³-hybridized carbons (Fsp3) is 0.538. The summed E-state index contributed by atoms with van der Waals surface area (Å²) in [4.78, 5) is 0. The Morgan fingerprint density at radius 2 is 2.00 bits per heavy atom. The lowest BCUT2D eigenvalue weighted by Gasteiger charge is -2.34. The van der Waals surface area contributed by atoms with Crippen LogP contribution in [-0.2, 0) is 6.54 Å². The summed E-state index contributed by atoms with van der Waals surface area (Å²) in [6, 6.07) is 8.95. The minimum absolute atomic E-state index is 0.215. The van der Waals surface area contributed by atoms with Crippen LogP contribution in [0.3, 0.4) is 0 Å². The van der Waals surface area contributed by atoms with Crippen molar-refractivity contribution in [3.05, 3.63) is 35.4 Å². The van der Waals surface area contributed by atoms with E-state index < -0.39 is 0 Å². The first-order valence-electron chi connectivity index (χ1n) is 5.98. The van der Waals surface area contributed by atoms with Crippen molar-refractivity contribution in [3.8, 4) is 0 Å². The molecule has 0 amide bonds. The lowest BCUT2D eigenvalue weighted by atomic mass is 9.88. The number of hydrogen-bond acceptors (Lipinski definition) is 3. The van der Waals surface area contributed by atoms with Crippen LogP contribution in [0.4, 0.5) is 0 Å². The van der Waals surface area contributed by atoms with Gasteiger partial charge in [-0.3, -0.25) is 0 Å². The molecule has 0 aromatic heterocycles. The van der Waals surface area contributed by atoms with Crippen LogP contribution >= 0.6 is 0 Å². The first-order chi connectivity index (χ1) is 7.70. The minimum atomic E-state index is 0.215. The molecule has 0 saturated carbocycles. The van der Waals surface area contributed by atoms with E-state index in [1.807, 2.05) is 0 Å². The summed E-state index contributed by atoms with van der Waals surface area (Å²) in [5.74, 6) is 0.676. The third-order valence-corrected chi connectivity index (χ3v) is 3.36. The van der Waals surface area contributed by atoms with E-state index in [0.29, 0.717) is 18.5 Å². The monoisotopic (exact) mass is 219 g/mol. The summed E-state index contributed by atoms with van der Waals surface area (Å²) in [7, 11) is 0. The van der Waals surface area contributed by atoms with Crippen LogP contribution in [0.2, 0.25) is 0 Å². The maximum absolute atomic E-state index is 6.18. The van der Waals surface area contributed by atoms with Crippen LogP contribution in [0.25, 0.3) is 0 Å². The van der Waals surface area contributed by atoms with Crippen molar-refractivity contribution >= 4 is 0 Å². The molecular formula is C13H21N3. The van der Waals surface area contributed by atoms with Gasteiger partial charge in [0.05, 0.1) is 0 Å². The van der Waals surface area contributed by atoms with Crippen molar-refractivity contribution in [2.75, 3.05) is 6.54 Å². The Morgan fingerprint density at radius 3 is 2.56 bits per heavy atom. The van der Waals surface area contributed by atoms with E-state index in [4.69, 9.17) is 11.5 Å². The SMILES string of the molecule is CC1CNC(c2ccc(CN)cc2)C(N)C1. The third-order valence-electron chi connectivity index (χ3n) is 3.36. The molecule has 3 nitrogen and oxygen atoms in total. The quantitative estimate of drug-likeness (QED) is 0.699. The summed E-state index contributed by atoms with van der Waals surface area (Å²) in [5, 5.41) is 3.52. The number of rotatable bonds is 2. The van der Waals surface area contributed by atoms with E-state index in [9.17, 15) is 0 Å². The molecule has 0 radical (unpaired) electrons. The first kappa shape index (κ1) is 11.6. The van der Waals surface area contributed by atoms with Gasteiger partial charge < -0.3 is 16.8 Å². The van der Waals surface area contributed by atoms with Crippen molar-refractivity contribution in [3.63, 3.8) is 0 Å². The van der Waals surface area contributed by atoms with Crippen molar-refractivity contribution < 1.29 is 0 Å². The summed E-state index contributed by atoms with van der Waals surface area (Å²) in [6.07, 6.45) is 1.09. The highest BCUT2D eigenvalue weighted by atomic mass is 15.0. The molecule has 2 rings (SSSR count). The average Bonchev–Trinajstić information content (AvgIpc) is 2.29. The van der Waals surface area contributed by atoms with Gasteiger partial charge in [0, 0.05) is 18.6 Å². The second kappa shape index (κ2) is 4.95. The normalized spacial score (nSPS) is 30.3. The Hall–Kier alpha value is -0.900. The second-order valence-electron chi connectivity index (χ2n) is 4.84. The van der Waals surface area contributed by atoms with Gasteiger partial charge in [-0.05, 0) is 30.0 Å². The second-order valence-corrected chi connectivity index (χ2v) is 4.84. The Morgan fingerprint density at radius 1 is 1.31 bits per heavy atom. The molecule has 1 aliphatic rings. The zero-order valence-electron chi connectivity index (χ0n) is 9.82. The molecule has 3 heteroatoms. The Labute approximate surface area is 97.2 Å². The maximum Gasteiger partial charge on any atom is 0.0473 e. The lowest BCUT2D eigenvalue weighted by Crippen LogP contribution is -2.46. The van der Waals surface area contributed by atoms with Gasteiger partial charge in [-0.25, -0.2) is 0 Å². The fourth-order valence-corrected chi connectivity index (χ4v) is 2.39. The van der Waals surface area contributed by atoms with E-state index in [1.54, 1.807) is 0 Å². The van der Waals surface area contributed by atoms with Crippen LogP contribution in [0.15, 0.2) is 24.3 Å². The highest BCUT2D eigenvalue weighted by Crippen LogP contribution is 2.24. The molecule has 16 heavy (non-hydrogen) atoms. The van der Waals surface area contributed by atoms with Crippen LogP contribution in [0, 0.1) is 5.92 Å². The van der Waals surface area contributed by atoms with Gasteiger partial charge in [0.1, 0.15) is 0 Å². The molecular weight excluding hydrogens is 198 g/mol. The van der Waals surface area contributed by atoms with Gasteiger partial charge in [-0.15, -0.1) is 0 Å². The summed E-state index contributed by atoms with van der Waals surface area (Å²) in [6.45, 7) is 3.89. The van der Waals surface area contributed by atoms with Crippen LogP contribution in [0.5, 0.6) is 0 Å². The maximum atomic E-state index is 6.18. The predicted molar refractivity (Wildman–Crippen MR) is 66.8 cm³/mol. The molecule has 1 saturated heterocycles. The Kier molecular flexibility index (Phi) is 3.59. The van der Waals surface area contributed by atoms with E-state index in [-0.39, 0.29) is 6.04 Å². The Balaban J connectivity index is 2.11. The largest absolute Gasteiger partial charge is 0.326 e. The smallest absolute Gasteiger partial charge is 0.0473 e. The molecule has 0 spiro atoms. The minimum Gasteiger partial charge on any atom is -0.326 e. The van der Waals surface area contributed by atoms with Crippen LogP contribution in [0.1, 0.15) is 30.5 Å². The number of benzene rings is 1. The number of nitrogens with two attached hydrogens (primary N) is 2. The van der Waals surface area contributed by atoms with Gasteiger partial charge in [0.15, 0.2) is 0 Å². The number of nitrogens with one attached hydrogen (secondary N) is 1. The molecule has 1 fully saturated rings. The molecule has 0 bridgehead atoms. The molecule has 1 aliphatic heterocycles. The molecule has 5 N–H and O–H groups in total. The highest BCUT2D eigenvalue weighted by Gasteiger charge is 2.26. The van der Waals surface area contributed by atoms with Gasteiger partial charge in [-0.2, -0.15) is 0 Å². The average molecular weight is 219 g/mol. The first-order valence-corrected chi connectivity index (χ1v) is 5.98. The Bertz CT molecular complexity index is 334. The van der Waals surface area contributed by atoms with Gasteiger partial charge in [0.2, 0.25) is 0 Å². The third kappa shape index (κ3) is 2.43. The van der Waals surface area contributed by atoms with Gasteiger partial charge in [0.25, 0.3) is 0 Å². The van der Waals surface area contributed by atoms with E-state index >= 15 is 0 Å². The van der Waals surface area contributed by atoms with Gasteiger partial charge in [-0.1, -0.05) is 31.2 Å². The van der Waals surface area contributed by atoms with Crippen molar-refractivity contribution in [1.82, 2.24) is 5.32 Å². The van der Waals surface area contributed by atoms with Crippen molar-refractivity contribution in [1.29, 1.82) is 0 Å². The lowest BCUT2D eigenvalue weighted by molar-refractivity contribution is 0.291. The standard InChI is InChI=1S/C13H21N3/c1-9-6-12(15)13(16-8-9)11-4-2-10(7-14)3-5-11/h2-5,9,12-13,16H,6-8,14-15H2,1H3.